The molecule has 0 saturated heterocycles. The van der Waals surface area contributed by atoms with Crippen molar-refractivity contribution in [2.24, 2.45) is 0 Å². The molecule has 0 spiro atoms. The molecule has 2 N–H and O–H groups in total. The van der Waals surface area contributed by atoms with Crippen LogP contribution in [-0.4, -0.2) is 31.0 Å². The summed E-state index contributed by atoms with van der Waals surface area (Å²) >= 11 is 18.9. The third kappa shape index (κ3) is 6.42. The molecule has 3 aromatic rings. The minimum absolute atomic E-state index is 0.0917. The zero-order valence-corrected chi connectivity index (χ0v) is 21.1. The molecule has 1 aromatic heterocycles. The van der Waals surface area contributed by atoms with Gasteiger partial charge in [-0.05, 0) is 61.9 Å². The number of hydrogen-bond donors (Lipinski definition) is 2. The Hall–Kier alpha value is -2.78. The highest BCUT2D eigenvalue weighted by Crippen LogP contribution is 2.35. The molecule has 0 aliphatic carbocycles. The molecule has 11 heteroatoms. The Balaban J connectivity index is 1.82. The van der Waals surface area contributed by atoms with E-state index in [1.54, 1.807) is 50.2 Å². The number of amides is 2. The van der Waals surface area contributed by atoms with Gasteiger partial charge in [0.1, 0.15) is 10.8 Å². The monoisotopic (exact) mass is 540 g/mol. The fourth-order valence-corrected chi connectivity index (χ4v) is 4.45. The topological polar surface area (TPSA) is 93.7 Å². The standard InChI is InChI=1S/C23H19Cl3N2O5S/c1-3-32-23(31)19-12(2)20(21(30)27-17-10-14(25)6-9-16(17)26)34-22(19)28-18(29)11-33-15-7-4-13(24)5-8-15/h4-10H,3,11H2,1-2H3,(H,27,30)(H,28,29). The van der Waals surface area contributed by atoms with Gasteiger partial charge in [0.25, 0.3) is 11.8 Å². The van der Waals surface area contributed by atoms with Gasteiger partial charge in [-0.2, -0.15) is 0 Å². The van der Waals surface area contributed by atoms with Crippen molar-refractivity contribution < 1.29 is 23.9 Å². The van der Waals surface area contributed by atoms with Crippen molar-refractivity contribution in [3.05, 3.63) is 73.5 Å². The van der Waals surface area contributed by atoms with Crippen molar-refractivity contribution >= 4 is 74.6 Å². The molecule has 34 heavy (non-hydrogen) atoms. The summed E-state index contributed by atoms with van der Waals surface area (Å²) in [5.41, 5.74) is 0.758. The van der Waals surface area contributed by atoms with E-state index in [1.165, 1.54) is 6.07 Å². The van der Waals surface area contributed by atoms with E-state index in [0.717, 1.165) is 11.3 Å². The molecular formula is C23H19Cl3N2O5S. The number of hydrogen-bond acceptors (Lipinski definition) is 6. The number of anilines is 2. The summed E-state index contributed by atoms with van der Waals surface area (Å²) in [5.74, 6) is -1.25. The smallest absolute Gasteiger partial charge is 0.341 e. The summed E-state index contributed by atoms with van der Waals surface area (Å²) in [4.78, 5) is 38.3. The average molecular weight is 542 g/mol. The van der Waals surface area contributed by atoms with E-state index in [0.29, 0.717) is 32.1 Å². The largest absolute Gasteiger partial charge is 0.484 e. The van der Waals surface area contributed by atoms with Gasteiger partial charge >= 0.3 is 5.97 Å². The van der Waals surface area contributed by atoms with Gasteiger partial charge in [0.05, 0.1) is 27.8 Å². The Morgan fingerprint density at radius 1 is 0.971 bits per heavy atom. The summed E-state index contributed by atoms with van der Waals surface area (Å²) in [5, 5.41) is 6.71. The first kappa shape index (κ1) is 25.8. The Bertz CT molecular complexity index is 1230. The molecule has 0 atom stereocenters. The molecule has 0 radical (unpaired) electrons. The average Bonchev–Trinajstić information content (AvgIpc) is 3.11. The SMILES string of the molecule is CCOC(=O)c1c(NC(=O)COc2ccc(Cl)cc2)sc(C(=O)Nc2cc(Cl)ccc2Cl)c1C. The Morgan fingerprint density at radius 3 is 2.32 bits per heavy atom. The molecule has 7 nitrogen and oxygen atoms in total. The fraction of sp³-hybridized carbons (Fsp3) is 0.174. The molecule has 0 saturated carbocycles. The van der Waals surface area contributed by atoms with Crippen LogP contribution < -0.4 is 15.4 Å². The lowest BCUT2D eigenvalue weighted by Crippen LogP contribution is -2.21. The van der Waals surface area contributed by atoms with Crippen LogP contribution in [0.1, 0.15) is 32.5 Å². The van der Waals surface area contributed by atoms with Crippen LogP contribution in [0.15, 0.2) is 42.5 Å². The van der Waals surface area contributed by atoms with Gasteiger partial charge < -0.3 is 20.1 Å². The molecule has 2 aromatic carbocycles. The van der Waals surface area contributed by atoms with Crippen LogP contribution in [0.4, 0.5) is 10.7 Å². The molecule has 0 aliphatic rings. The lowest BCUT2D eigenvalue weighted by molar-refractivity contribution is -0.118. The van der Waals surface area contributed by atoms with E-state index in [1.807, 2.05) is 0 Å². The predicted molar refractivity (Wildman–Crippen MR) is 135 cm³/mol. The molecule has 0 aliphatic heterocycles. The van der Waals surface area contributed by atoms with Crippen molar-refractivity contribution in [1.29, 1.82) is 0 Å². The van der Waals surface area contributed by atoms with E-state index in [-0.39, 0.29) is 28.7 Å². The molecule has 178 valence electrons. The van der Waals surface area contributed by atoms with Crippen molar-refractivity contribution in [2.45, 2.75) is 13.8 Å². The lowest BCUT2D eigenvalue weighted by Gasteiger charge is -2.08. The first-order valence-corrected chi connectivity index (χ1v) is 11.9. The van der Waals surface area contributed by atoms with Crippen LogP contribution >= 0.6 is 46.1 Å². The normalized spacial score (nSPS) is 10.5. The van der Waals surface area contributed by atoms with Gasteiger partial charge in [-0.1, -0.05) is 34.8 Å². The van der Waals surface area contributed by atoms with Gasteiger partial charge in [0.2, 0.25) is 0 Å². The quantitative estimate of drug-likeness (QED) is 0.319. The second-order valence-electron chi connectivity index (χ2n) is 6.85. The third-order valence-corrected chi connectivity index (χ3v) is 6.47. The molecule has 1 heterocycles. The van der Waals surface area contributed by atoms with Crippen LogP contribution in [0.2, 0.25) is 15.1 Å². The first-order valence-electron chi connectivity index (χ1n) is 9.94. The molecule has 3 rings (SSSR count). The molecular weight excluding hydrogens is 523 g/mol. The number of nitrogens with one attached hydrogen (secondary N) is 2. The molecule has 0 bridgehead atoms. The third-order valence-electron chi connectivity index (χ3n) is 4.45. The Kier molecular flexibility index (Phi) is 8.79. The van der Waals surface area contributed by atoms with E-state index >= 15 is 0 Å². The number of rotatable bonds is 8. The van der Waals surface area contributed by atoms with Gasteiger partial charge in [-0.15, -0.1) is 11.3 Å². The van der Waals surface area contributed by atoms with E-state index < -0.39 is 17.8 Å². The van der Waals surface area contributed by atoms with Crippen molar-refractivity contribution in [3.8, 4) is 5.75 Å². The highest BCUT2D eigenvalue weighted by Gasteiger charge is 2.27. The van der Waals surface area contributed by atoms with Crippen LogP contribution in [-0.2, 0) is 9.53 Å². The molecule has 2 amide bonds. The predicted octanol–water partition coefficient (Wildman–Crippen LogP) is 6.46. The number of carbonyl (C=O) groups is 3. The summed E-state index contributed by atoms with van der Waals surface area (Å²) in [6.45, 7) is 3.06. The number of esters is 1. The summed E-state index contributed by atoms with van der Waals surface area (Å²) < 4.78 is 10.6. The van der Waals surface area contributed by atoms with Crippen LogP contribution in [0.25, 0.3) is 0 Å². The van der Waals surface area contributed by atoms with Crippen LogP contribution in [0.5, 0.6) is 5.75 Å². The lowest BCUT2D eigenvalue weighted by atomic mass is 10.1. The minimum atomic E-state index is -0.662. The number of benzene rings is 2. The maximum atomic E-state index is 13.0. The molecule has 0 fully saturated rings. The number of thiophene rings is 1. The second kappa shape index (κ2) is 11.6. The maximum absolute atomic E-state index is 13.0. The van der Waals surface area contributed by atoms with Crippen molar-refractivity contribution in [3.63, 3.8) is 0 Å². The van der Waals surface area contributed by atoms with Gasteiger partial charge in [-0.25, -0.2) is 4.79 Å². The summed E-state index contributed by atoms with van der Waals surface area (Å²) in [7, 11) is 0. The highest BCUT2D eigenvalue weighted by molar-refractivity contribution is 7.19. The van der Waals surface area contributed by atoms with E-state index in [9.17, 15) is 14.4 Å². The van der Waals surface area contributed by atoms with E-state index in [2.05, 4.69) is 10.6 Å². The Labute approximate surface area is 214 Å². The minimum Gasteiger partial charge on any atom is -0.484 e. The summed E-state index contributed by atoms with van der Waals surface area (Å²) in [6.07, 6.45) is 0. The van der Waals surface area contributed by atoms with Crippen molar-refractivity contribution in [2.75, 3.05) is 23.8 Å². The Morgan fingerprint density at radius 2 is 1.65 bits per heavy atom. The highest BCUT2D eigenvalue weighted by atomic mass is 35.5. The zero-order valence-electron chi connectivity index (χ0n) is 18.0. The zero-order chi connectivity index (χ0) is 24.8. The number of carbonyl (C=O) groups excluding carboxylic acids is 3. The van der Waals surface area contributed by atoms with E-state index in [4.69, 9.17) is 44.3 Å². The molecule has 0 unspecified atom stereocenters. The van der Waals surface area contributed by atoms with Crippen LogP contribution in [0.3, 0.4) is 0 Å². The van der Waals surface area contributed by atoms with Crippen LogP contribution in [0, 0.1) is 6.92 Å². The number of ether oxygens (including phenoxy) is 2. The van der Waals surface area contributed by atoms with Gasteiger partial charge in [-0.3, -0.25) is 9.59 Å². The maximum Gasteiger partial charge on any atom is 0.341 e. The number of halogens is 3. The van der Waals surface area contributed by atoms with Gasteiger partial charge in [0, 0.05) is 10.0 Å². The second-order valence-corrected chi connectivity index (χ2v) is 9.15. The summed E-state index contributed by atoms with van der Waals surface area (Å²) in [6, 6.07) is 11.2. The first-order chi connectivity index (χ1) is 16.2. The fourth-order valence-electron chi connectivity index (χ4n) is 2.88. The van der Waals surface area contributed by atoms with Crippen molar-refractivity contribution in [1.82, 2.24) is 0 Å². The van der Waals surface area contributed by atoms with Gasteiger partial charge in [0.15, 0.2) is 6.61 Å².